The first-order valence-corrected chi connectivity index (χ1v) is 6.89. The van der Waals surface area contributed by atoms with Gasteiger partial charge in [0.05, 0.1) is 11.2 Å². The second-order valence-electron chi connectivity index (χ2n) is 5.53. The monoisotopic (exact) mass is 243 g/mol. The minimum atomic E-state index is 0.142. The van der Waals surface area contributed by atoms with Crippen LogP contribution in [0, 0.1) is 0 Å². The number of nitrogens with zero attached hydrogens (tertiary/aromatic N) is 2. The lowest BCUT2D eigenvalue weighted by molar-refractivity contribution is 0.286. The molecule has 0 bridgehead atoms. The van der Waals surface area contributed by atoms with Gasteiger partial charge in [0.25, 0.3) is 0 Å². The third kappa shape index (κ3) is 1.65. The fraction of sp³-hybridized carbons (Fsp3) is 0.533. The molecule has 0 radical (unpaired) electrons. The molecule has 1 aromatic heterocycles. The van der Waals surface area contributed by atoms with Crippen LogP contribution in [0.4, 0.5) is 0 Å². The highest BCUT2D eigenvalue weighted by Crippen LogP contribution is 2.41. The first-order valence-electron chi connectivity index (χ1n) is 6.89. The fourth-order valence-corrected chi connectivity index (χ4v) is 3.54. The van der Waals surface area contributed by atoms with E-state index in [9.17, 15) is 0 Å². The van der Waals surface area contributed by atoms with E-state index < -0.39 is 0 Å². The summed E-state index contributed by atoms with van der Waals surface area (Å²) in [6.07, 6.45) is 6.32. The summed E-state index contributed by atoms with van der Waals surface area (Å²) in [5.41, 5.74) is 8.73. The molecule has 0 saturated heterocycles. The Hall–Kier alpha value is -1.35. The van der Waals surface area contributed by atoms with Gasteiger partial charge >= 0.3 is 0 Å². The molecular weight excluding hydrogens is 222 g/mol. The summed E-state index contributed by atoms with van der Waals surface area (Å²) in [7, 11) is 2.06. The van der Waals surface area contributed by atoms with Crippen LogP contribution in [0.15, 0.2) is 24.3 Å². The average Bonchev–Trinajstić information content (AvgIpc) is 2.76. The molecule has 1 heterocycles. The number of nitrogens with two attached hydrogens (primary N) is 1. The Balaban J connectivity index is 2.19. The molecule has 1 aliphatic rings. The highest BCUT2D eigenvalue weighted by Gasteiger charge is 2.36. The Kier molecular flexibility index (Phi) is 2.86. The van der Waals surface area contributed by atoms with E-state index in [1.807, 2.05) is 0 Å². The summed E-state index contributed by atoms with van der Waals surface area (Å²) >= 11 is 0. The minimum Gasteiger partial charge on any atom is -0.330 e. The maximum absolute atomic E-state index is 6.15. The molecule has 18 heavy (non-hydrogen) atoms. The van der Waals surface area contributed by atoms with Gasteiger partial charge in [0.15, 0.2) is 0 Å². The van der Waals surface area contributed by atoms with Crippen LogP contribution in [0.2, 0.25) is 0 Å². The number of aryl methyl sites for hydroxylation is 1. The Bertz CT molecular complexity index is 550. The van der Waals surface area contributed by atoms with Crippen molar-refractivity contribution in [2.45, 2.75) is 37.5 Å². The zero-order valence-electron chi connectivity index (χ0n) is 11.0. The molecule has 1 fully saturated rings. The molecule has 96 valence electrons. The van der Waals surface area contributed by atoms with Crippen molar-refractivity contribution in [1.29, 1.82) is 0 Å². The molecule has 2 aromatic rings. The van der Waals surface area contributed by atoms with Gasteiger partial charge in [0.1, 0.15) is 0 Å². The van der Waals surface area contributed by atoms with E-state index >= 15 is 0 Å². The molecule has 0 atom stereocenters. The predicted octanol–water partition coefficient (Wildman–Crippen LogP) is 2.73. The van der Waals surface area contributed by atoms with E-state index in [1.165, 1.54) is 43.2 Å². The average molecular weight is 243 g/mol. The van der Waals surface area contributed by atoms with Crippen molar-refractivity contribution in [2.24, 2.45) is 12.8 Å². The Labute approximate surface area is 108 Å². The third-order valence-electron chi connectivity index (χ3n) is 4.44. The molecule has 1 aromatic carbocycles. The highest BCUT2D eigenvalue weighted by atomic mass is 15.3. The summed E-state index contributed by atoms with van der Waals surface area (Å²) in [4.78, 5) is 0. The summed E-state index contributed by atoms with van der Waals surface area (Å²) < 4.78 is 2.06. The molecule has 3 rings (SSSR count). The molecule has 0 unspecified atom stereocenters. The number of hydrogen-bond acceptors (Lipinski definition) is 2. The molecule has 1 aliphatic carbocycles. The predicted molar refractivity (Wildman–Crippen MR) is 74.5 cm³/mol. The first kappa shape index (κ1) is 11.7. The van der Waals surface area contributed by atoms with Crippen LogP contribution in [0.5, 0.6) is 0 Å². The number of hydrogen-bond donors (Lipinski definition) is 1. The molecule has 2 N–H and O–H groups in total. The maximum atomic E-state index is 6.15. The van der Waals surface area contributed by atoms with Gasteiger partial charge in [-0.1, -0.05) is 37.5 Å². The zero-order chi connectivity index (χ0) is 12.6. The number of fused-ring (bicyclic) bond motifs is 1. The standard InChI is InChI=1S/C15H21N3/c1-18-14(12-7-3-4-8-13(12)17-18)15(11-16)9-5-2-6-10-15/h3-4,7-8H,2,5-6,9-11,16H2,1H3. The van der Waals surface area contributed by atoms with Crippen LogP contribution in [0.1, 0.15) is 37.8 Å². The second kappa shape index (κ2) is 4.39. The van der Waals surface area contributed by atoms with Gasteiger partial charge < -0.3 is 5.73 Å². The normalized spacial score (nSPS) is 19.2. The molecule has 3 nitrogen and oxygen atoms in total. The van der Waals surface area contributed by atoms with Crippen molar-refractivity contribution < 1.29 is 0 Å². The summed E-state index contributed by atoms with van der Waals surface area (Å²) in [6.45, 7) is 0.733. The van der Waals surface area contributed by atoms with Gasteiger partial charge in [-0.3, -0.25) is 4.68 Å². The van der Waals surface area contributed by atoms with E-state index in [4.69, 9.17) is 5.73 Å². The van der Waals surface area contributed by atoms with Crippen molar-refractivity contribution in [3.63, 3.8) is 0 Å². The molecule has 0 aliphatic heterocycles. The van der Waals surface area contributed by atoms with Crippen molar-refractivity contribution in [1.82, 2.24) is 9.78 Å². The third-order valence-corrected chi connectivity index (χ3v) is 4.44. The lowest BCUT2D eigenvalue weighted by atomic mass is 9.71. The summed E-state index contributed by atoms with van der Waals surface area (Å²) in [5.74, 6) is 0. The molecule has 0 spiro atoms. The minimum absolute atomic E-state index is 0.142. The Morgan fingerprint density at radius 2 is 1.94 bits per heavy atom. The van der Waals surface area contributed by atoms with Crippen LogP contribution in [-0.2, 0) is 12.5 Å². The van der Waals surface area contributed by atoms with E-state index in [0.717, 1.165) is 12.1 Å². The van der Waals surface area contributed by atoms with Crippen molar-refractivity contribution in [3.8, 4) is 0 Å². The van der Waals surface area contributed by atoms with E-state index in [1.54, 1.807) is 0 Å². The van der Waals surface area contributed by atoms with Crippen molar-refractivity contribution in [2.75, 3.05) is 6.54 Å². The van der Waals surface area contributed by atoms with Crippen molar-refractivity contribution >= 4 is 10.9 Å². The van der Waals surface area contributed by atoms with Gasteiger partial charge in [-0.2, -0.15) is 5.10 Å². The highest BCUT2D eigenvalue weighted by molar-refractivity contribution is 5.82. The fourth-order valence-electron chi connectivity index (χ4n) is 3.54. The van der Waals surface area contributed by atoms with E-state index in [2.05, 4.69) is 41.1 Å². The van der Waals surface area contributed by atoms with Crippen LogP contribution in [0.3, 0.4) is 0 Å². The van der Waals surface area contributed by atoms with Crippen LogP contribution >= 0.6 is 0 Å². The molecular formula is C15H21N3. The van der Waals surface area contributed by atoms with Gasteiger partial charge in [0, 0.05) is 24.4 Å². The molecule has 0 amide bonds. The zero-order valence-corrected chi connectivity index (χ0v) is 11.0. The van der Waals surface area contributed by atoms with Gasteiger partial charge in [-0.15, -0.1) is 0 Å². The largest absolute Gasteiger partial charge is 0.330 e. The molecule has 3 heteroatoms. The van der Waals surface area contributed by atoms with E-state index in [-0.39, 0.29) is 5.41 Å². The number of rotatable bonds is 2. The van der Waals surface area contributed by atoms with Gasteiger partial charge in [-0.25, -0.2) is 0 Å². The smallest absolute Gasteiger partial charge is 0.0926 e. The van der Waals surface area contributed by atoms with Crippen LogP contribution in [-0.4, -0.2) is 16.3 Å². The Morgan fingerprint density at radius 1 is 1.22 bits per heavy atom. The molecule has 1 saturated carbocycles. The summed E-state index contributed by atoms with van der Waals surface area (Å²) in [6, 6.07) is 8.42. The lowest BCUT2D eigenvalue weighted by Crippen LogP contribution is -2.39. The van der Waals surface area contributed by atoms with Crippen LogP contribution in [0.25, 0.3) is 10.9 Å². The van der Waals surface area contributed by atoms with Gasteiger partial charge in [0.2, 0.25) is 0 Å². The summed E-state index contributed by atoms with van der Waals surface area (Å²) in [5, 5.41) is 5.93. The van der Waals surface area contributed by atoms with Gasteiger partial charge in [-0.05, 0) is 18.9 Å². The first-order chi connectivity index (χ1) is 8.77. The quantitative estimate of drug-likeness (QED) is 0.881. The Morgan fingerprint density at radius 3 is 2.67 bits per heavy atom. The van der Waals surface area contributed by atoms with E-state index in [0.29, 0.717) is 0 Å². The van der Waals surface area contributed by atoms with Crippen molar-refractivity contribution in [3.05, 3.63) is 30.0 Å². The number of aromatic nitrogens is 2. The topological polar surface area (TPSA) is 43.8 Å². The lowest BCUT2D eigenvalue weighted by Gasteiger charge is -2.36. The van der Waals surface area contributed by atoms with Crippen LogP contribution < -0.4 is 5.73 Å². The SMILES string of the molecule is Cn1nc2ccccc2c1C1(CN)CCCCC1. The number of benzene rings is 1. The maximum Gasteiger partial charge on any atom is 0.0926 e. The second-order valence-corrected chi connectivity index (χ2v) is 5.53.